The highest BCUT2D eigenvalue weighted by molar-refractivity contribution is 6.29. The van der Waals surface area contributed by atoms with Crippen LogP contribution in [0.1, 0.15) is 28.7 Å². The Morgan fingerprint density at radius 2 is 2.20 bits per heavy atom. The van der Waals surface area contributed by atoms with Crippen LogP contribution in [0.5, 0.6) is 0 Å². The topological polar surface area (TPSA) is 80.0 Å². The number of amides is 1. The molecule has 2 aromatic heterocycles. The fourth-order valence-electron chi connectivity index (χ4n) is 1.67. The van der Waals surface area contributed by atoms with E-state index < -0.39 is 0 Å². The van der Waals surface area contributed by atoms with Crippen molar-refractivity contribution in [2.24, 2.45) is 0 Å². The Morgan fingerprint density at radius 1 is 1.40 bits per heavy atom. The first-order valence-electron chi connectivity index (χ1n) is 6.20. The number of hydrogen-bond acceptors (Lipinski definition) is 5. The van der Waals surface area contributed by atoms with E-state index >= 15 is 0 Å². The normalized spacial score (nSPS) is 10.3. The molecule has 0 fully saturated rings. The van der Waals surface area contributed by atoms with E-state index in [1.165, 1.54) is 6.07 Å². The Labute approximate surface area is 121 Å². The molecule has 0 spiro atoms. The van der Waals surface area contributed by atoms with E-state index in [2.05, 4.69) is 20.8 Å². The number of aromatic nitrogens is 2. The number of carbonyl (C=O) groups is 1. The van der Waals surface area contributed by atoms with E-state index in [0.717, 1.165) is 5.69 Å². The Bertz CT molecular complexity index is 612. The highest BCUT2D eigenvalue weighted by atomic mass is 35.5. The molecule has 0 radical (unpaired) electrons. The number of carbonyl (C=O) groups excluding carboxylic acids is 1. The van der Waals surface area contributed by atoms with Gasteiger partial charge in [-0.25, -0.2) is 4.98 Å². The SMILES string of the molecule is CCNc1cc(C(=O)NCc2cc(C)no2)cc(Cl)n1. The van der Waals surface area contributed by atoms with E-state index in [9.17, 15) is 4.79 Å². The number of pyridine rings is 1. The summed E-state index contributed by atoms with van der Waals surface area (Å²) in [5, 5.41) is 9.78. The Hall–Kier alpha value is -2.08. The lowest BCUT2D eigenvalue weighted by molar-refractivity contribution is 0.0947. The molecule has 0 aliphatic heterocycles. The van der Waals surface area contributed by atoms with Gasteiger partial charge >= 0.3 is 0 Å². The summed E-state index contributed by atoms with van der Waals surface area (Å²) in [5.74, 6) is 0.922. The third kappa shape index (κ3) is 3.71. The van der Waals surface area contributed by atoms with Gasteiger partial charge in [0, 0.05) is 18.2 Å². The average Bonchev–Trinajstić information content (AvgIpc) is 2.81. The monoisotopic (exact) mass is 294 g/mol. The third-order valence-corrected chi connectivity index (χ3v) is 2.71. The quantitative estimate of drug-likeness (QED) is 0.828. The lowest BCUT2D eigenvalue weighted by atomic mass is 10.2. The summed E-state index contributed by atoms with van der Waals surface area (Å²) in [7, 11) is 0. The van der Waals surface area contributed by atoms with Crippen molar-refractivity contribution in [1.82, 2.24) is 15.5 Å². The highest BCUT2D eigenvalue weighted by Crippen LogP contribution is 2.14. The second kappa shape index (κ2) is 6.38. The molecule has 2 aromatic rings. The molecule has 2 rings (SSSR count). The van der Waals surface area contributed by atoms with Crippen molar-refractivity contribution in [3.63, 3.8) is 0 Å². The third-order valence-electron chi connectivity index (χ3n) is 2.51. The molecule has 0 aliphatic rings. The summed E-state index contributed by atoms with van der Waals surface area (Å²) in [6.07, 6.45) is 0. The molecular formula is C13H15ClN4O2. The Morgan fingerprint density at radius 3 is 2.85 bits per heavy atom. The van der Waals surface area contributed by atoms with Crippen molar-refractivity contribution < 1.29 is 9.32 Å². The van der Waals surface area contributed by atoms with Crippen LogP contribution in [-0.4, -0.2) is 22.6 Å². The van der Waals surface area contributed by atoms with Crippen LogP contribution in [0.3, 0.4) is 0 Å². The van der Waals surface area contributed by atoms with Gasteiger partial charge in [-0.3, -0.25) is 4.79 Å². The van der Waals surface area contributed by atoms with Crippen LogP contribution in [0.2, 0.25) is 5.15 Å². The molecule has 106 valence electrons. The van der Waals surface area contributed by atoms with Gasteiger partial charge in [-0.15, -0.1) is 0 Å². The minimum Gasteiger partial charge on any atom is -0.370 e. The molecule has 6 nitrogen and oxygen atoms in total. The molecule has 0 aliphatic carbocycles. The van der Waals surface area contributed by atoms with E-state index in [1.54, 1.807) is 12.1 Å². The predicted octanol–water partition coefficient (Wildman–Crippen LogP) is 2.39. The number of nitrogens with zero attached hydrogens (tertiary/aromatic N) is 2. The zero-order valence-electron chi connectivity index (χ0n) is 11.2. The number of nitrogens with one attached hydrogen (secondary N) is 2. The van der Waals surface area contributed by atoms with E-state index in [-0.39, 0.29) is 17.6 Å². The maximum absolute atomic E-state index is 12.0. The first kappa shape index (κ1) is 14.3. The van der Waals surface area contributed by atoms with E-state index in [4.69, 9.17) is 16.1 Å². The second-order valence-corrected chi connectivity index (χ2v) is 4.60. The molecule has 0 saturated heterocycles. The molecule has 7 heteroatoms. The van der Waals surface area contributed by atoms with Gasteiger partial charge < -0.3 is 15.2 Å². The molecule has 0 bridgehead atoms. The summed E-state index contributed by atoms with van der Waals surface area (Å²) in [4.78, 5) is 16.1. The molecule has 0 atom stereocenters. The minimum absolute atomic E-state index is 0.248. The Balaban J connectivity index is 2.04. The maximum Gasteiger partial charge on any atom is 0.251 e. The average molecular weight is 295 g/mol. The van der Waals surface area contributed by atoms with Crippen LogP contribution < -0.4 is 10.6 Å². The van der Waals surface area contributed by atoms with Crippen LogP contribution in [0.4, 0.5) is 5.82 Å². The second-order valence-electron chi connectivity index (χ2n) is 4.21. The smallest absolute Gasteiger partial charge is 0.251 e. The number of anilines is 1. The highest BCUT2D eigenvalue weighted by Gasteiger charge is 2.10. The van der Waals surface area contributed by atoms with Crippen molar-refractivity contribution in [3.05, 3.63) is 40.4 Å². The van der Waals surface area contributed by atoms with Crippen LogP contribution in [0.15, 0.2) is 22.7 Å². The summed E-state index contributed by atoms with van der Waals surface area (Å²) in [5.41, 5.74) is 1.22. The van der Waals surface area contributed by atoms with Crippen molar-refractivity contribution in [3.8, 4) is 0 Å². The van der Waals surface area contributed by atoms with Gasteiger partial charge in [-0.2, -0.15) is 0 Å². The van der Waals surface area contributed by atoms with Crippen LogP contribution in [0, 0.1) is 6.92 Å². The molecule has 1 amide bonds. The van der Waals surface area contributed by atoms with E-state index in [0.29, 0.717) is 23.7 Å². The number of aryl methyl sites for hydroxylation is 1. The predicted molar refractivity (Wildman–Crippen MR) is 75.8 cm³/mol. The van der Waals surface area contributed by atoms with Gasteiger partial charge in [-0.1, -0.05) is 16.8 Å². The van der Waals surface area contributed by atoms with Crippen LogP contribution >= 0.6 is 11.6 Å². The fraction of sp³-hybridized carbons (Fsp3) is 0.308. The van der Waals surface area contributed by atoms with Crippen molar-refractivity contribution >= 4 is 23.3 Å². The summed E-state index contributed by atoms with van der Waals surface area (Å²) >= 11 is 5.89. The lowest BCUT2D eigenvalue weighted by Crippen LogP contribution is -2.22. The molecule has 0 aromatic carbocycles. The fourth-order valence-corrected chi connectivity index (χ4v) is 1.88. The number of rotatable bonds is 5. The van der Waals surface area contributed by atoms with Gasteiger partial charge in [0.05, 0.1) is 12.2 Å². The molecule has 2 heterocycles. The van der Waals surface area contributed by atoms with Crippen molar-refractivity contribution in [1.29, 1.82) is 0 Å². The first-order valence-corrected chi connectivity index (χ1v) is 6.58. The summed E-state index contributed by atoms with van der Waals surface area (Å²) < 4.78 is 5.02. The van der Waals surface area contributed by atoms with E-state index in [1.807, 2.05) is 13.8 Å². The lowest BCUT2D eigenvalue weighted by Gasteiger charge is -2.07. The standard InChI is InChI=1S/C13H15ClN4O2/c1-3-15-12-6-9(5-11(14)17-12)13(19)16-7-10-4-8(2)18-20-10/h4-6H,3,7H2,1-2H3,(H,15,17)(H,16,19). The van der Waals surface area contributed by atoms with Gasteiger partial charge in [0.2, 0.25) is 0 Å². The molecular weight excluding hydrogens is 280 g/mol. The summed E-state index contributed by atoms with van der Waals surface area (Å²) in [6.45, 7) is 4.73. The minimum atomic E-state index is -0.248. The molecule has 0 unspecified atom stereocenters. The number of halogens is 1. The van der Waals surface area contributed by atoms with Gasteiger partial charge in [0.1, 0.15) is 11.0 Å². The van der Waals surface area contributed by atoms with Crippen molar-refractivity contribution in [2.45, 2.75) is 20.4 Å². The largest absolute Gasteiger partial charge is 0.370 e. The van der Waals surface area contributed by atoms with Gasteiger partial charge in [0.25, 0.3) is 5.91 Å². The van der Waals surface area contributed by atoms with Gasteiger partial charge in [0.15, 0.2) is 5.76 Å². The molecule has 0 saturated carbocycles. The first-order chi connectivity index (χ1) is 9.58. The van der Waals surface area contributed by atoms with Crippen LogP contribution in [0.25, 0.3) is 0 Å². The number of hydrogen-bond donors (Lipinski definition) is 2. The molecule has 20 heavy (non-hydrogen) atoms. The maximum atomic E-state index is 12.0. The zero-order valence-corrected chi connectivity index (χ0v) is 12.0. The van der Waals surface area contributed by atoms with Crippen LogP contribution in [-0.2, 0) is 6.54 Å². The van der Waals surface area contributed by atoms with Gasteiger partial charge in [-0.05, 0) is 26.0 Å². The van der Waals surface area contributed by atoms with Crippen molar-refractivity contribution in [2.75, 3.05) is 11.9 Å². The zero-order chi connectivity index (χ0) is 14.5. The molecule has 2 N–H and O–H groups in total. The Kier molecular flexibility index (Phi) is 4.57. The summed E-state index contributed by atoms with van der Waals surface area (Å²) in [6, 6.07) is 4.93.